The minimum atomic E-state index is -2.60. The van der Waals surface area contributed by atoms with E-state index in [9.17, 15) is 2.74 Å². The van der Waals surface area contributed by atoms with E-state index in [1.54, 1.807) is 16.7 Å². The molecular formula is C86H71N4O2Pt-3. The normalized spacial score (nSPS) is 14.9. The van der Waals surface area contributed by atoms with Gasteiger partial charge >= 0.3 is 0 Å². The molecule has 0 radical (unpaired) electrons. The number of hydrogen-bond donors (Lipinski definition) is 0. The molecule has 2 aromatic heterocycles. The van der Waals surface area contributed by atoms with Crippen LogP contribution in [-0.2, 0) is 42.7 Å². The van der Waals surface area contributed by atoms with Crippen molar-refractivity contribution in [1.82, 2.24) is 9.55 Å². The van der Waals surface area contributed by atoms with Crippen molar-refractivity contribution >= 4 is 44.6 Å². The maximum absolute atomic E-state index is 9.33. The Morgan fingerprint density at radius 1 is 0.495 bits per heavy atom. The number of nitrogens with zero attached hydrogens (tertiary/aromatic N) is 4. The summed E-state index contributed by atoms with van der Waals surface area (Å²) in [4.78, 5) is 9.37. The van der Waals surface area contributed by atoms with Gasteiger partial charge < -0.3 is 23.8 Å². The Hall–Kier alpha value is -9.74. The van der Waals surface area contributed by atoms with Gasteiger partial charge in [0.15, 0.2) is 0 Å². The van der Waals surface area contributed by atoms with Gasteiger partial charge in [-0.15, -0.1) is 48.1 Å². The fourth-order valence-corrected chi connectivity index (χ4v) is 14.0. The van der Waals surface area contributed by atoms with Crippen molar-refractivity contribution in [3.63, 3.8) is 0 Å². The molecule has 11 aromatic carbocycles. The Morgan fingerprint density at radius 2 is 1.09 bits per heavy atom. The number of ether oxygens (including phenoxy) is 2. The molecule has 16 rings (SSSR count). The van der Waals surface area contributed by atoms with Crippen LogP contribution in [0, 0.1) is 25.7 Å². The van der Waals surface area contributed by atoms with Gasteiger partial charge in [-0.05, 0) is 132 Å². The summed E-state index contributed by atoms with van der Waals surface area (Å²) in [6, 6.07) is 79.2. The molecule has 6 nitrogen and oxygen atoms in total. The molecular weight excluding hydrogens is 1320 g/mol. The first-order chi connectivity index (χ1) is 47.3. The van der Waals surface area contributed by atoms with Crippen molar-refractivity contribution in [2.75, 3.05) is 9.80 Å². The summed E-state index contributed by atoms with van der Waals surface area (Å²) in [5, 5.41) is 0.690. The minimum Gasteiger partial charge on any atom is -0.509 e. The molecule has 0 atom stereocenters. The van der Waals surface area contributed by atoms with E-state index in [0.717, 1.165) is 67.5 Å². The van der Waals surface area contributed by atoms with Crippen molar-refractivity contribution in [2.45, 2.75) is 90.8 Å². The van der Waals surface area contributed by atoms with E-state index in [0.29, 0.717) is 33.5 Å². The number of hydrogen-bond acceptors (Lipinski definition) is 5. The molecule has 0 amide bonds. The van der Waals surface area contributed by atoms with Crippen molar-refractivity contribution < 1.29 is 40.1 Å². The molecule has 4 heterocycles. The molecule has 13 aromatic rings. The van der Waals surface area contributed by atoms with E-state index in [1.807, 2.05) is 42.5 Å². The largest absolute Gasteiger partial charge is 0.509 e. The first-order valence-corrected chi connectivity index (χ1v) is 31.5. The standard InChI is InChI=1S/C86H71N4O2.Pt/c1-54-44-81(87-52-70(54)55-24-21-25-58(45-55)83(2,3)4)90-75-35-16-12-29-68(75)69-43-41-63(51-78(69)90)91-62-27-22-26-61(50-62)88-53-89(77-37-18-17-36-76(77)88)82-64(30-23-31-65(82)57-46-59(84(5,6)7)49-60(47-57)85(8,9)10)56-40-42-67-66-28-11-13-32-71(66)86(74(67)48-56)72-33-14-19-38-79(72)92-80-39-20-15-34-73(80)86;/h11-49,52-53H,1-10H3;/q-3;/i1D3,12D,16D,29D,35D;. The first-order valence-electron chi connectivity index (χ1n) is 35.0. The second-order valence-corrected chi connectivity index (χ2v) is 27.6. The van der Waals surface area contributed by atoms with Gasteiger partial charge in [0.05, 0.1) is 10.9 Å². The summed E-state index contributed by atoms with van der Waals surface area (Å²) in [7, 11) is 0. The molecule has 7 heteroatoms. The summed E-state index contributed by atoms with van der Waals surface area (Å²) in [5.74, 6) is 2.42. The maximum atomic E-state index is 9.33. The zero-order valence-electron chi connectivity index (χ0n) is 60.3. The predicted molar refractivity (Wildman–Crippen MR) is 379 cm³/mol. The number of aryl methyl sites for hydroxylation is 1. The molecule has 2 aliphatic heterocycles. The summed E-state index contributed by atoms with van der Waals surface area (Å²) in [6.07, 6.45) is 1.54. The molecule has 93 heavy (non-hydrogen) atoms. The molecule has 0 unspecified atom stereocenters. The van der Waals surface area contributed by atoms with E-state index in [4.69, 9.17) is 21.3 Å². The Morgan fingerprint density at radius 3 is 1.81 bits per heavy atom. The minimum absolute atomic E-state index is 0. The number of aromatic nitrogens is 2. The molecule has 0 saturated carbocycles. The number of benzene rings is 11. The van der Waals surface area contributed by atoms with E-state index >= 15 is 0 Å². The topological polar surface area (TPSA) is 42.8 Å². The first kappa shape index (κ1) is 51.8. The second-order valence-electron chi connectivity index (χ2n) is 27.6. The van der Waals surface area contributed by atoms with Crippen molar-refractivity contribution in [3.8, 4) is 73.3 Å². The molecule has 3 aliphatic rings. The molecule has 0 fully saturated rings. The zero-order chi connectivity index (χ0) is 69.0. The summed E-state index contributed by atoms with van der Waals surface area (Å²) < 4.78 is 77.8. The zero-order valence-corrected chi connectivity index (χ0v) is 55.6. The Balaban J connectivity index is 0.00000812. The van der Waals surface area contributed by atoms with Crippen LogP contribution in [0.4, 0.5) is 22.7 Å². The van der Waals surface area contributed by atoms with Crippen LogP contribution in [0.5, 0.6) is 23.0 Å². The summed E-state index contributed by atoms with van der Waals surface area (Å²) in [6.45, 7) is 19.5. The van der Waals surface area contributed by atoms with Gasteiger partial charge in [0.25, 0.3) is 0 Å². The average Bonchev–Trinajstić information content (AvgIpc) is 1.47. The number of pyridine rings is 1. The Kier molecular flexibility index (Phi) is 12.4. The molecule has 0 saturated heterocycles. The van der Waals surface area contributed by atoms with Crippen molar-refractivity contribution in [3.05, 3.63) is 306 Å². The van der Waals surface area contributed by atoms with Crippen molar-refractivity contribution in [2.24, 2.45) is 0 Å². The third kappa shape index (κ3) is 9.82. The quantitative estimate of drug-likeness (QED) is 0.142. The predicted octanol–water partition coefficient (Wildman–Crippen LogP) is 22.6. The Bertz CT molecular complexity index is 5440. The second kappa shape index (κ2) is 22.2. The van der Waals surface area contributed by atoms with E-state index in [2.05, 4.69) is 243 Å². The van der Waals surface area contributed by atoms with E-state index < -0.39 is 24.4 Å². The number of anilines is 4. The van der Waals surface area contributed by atoms with Gasteiger partial charge in [0, 0.05) is 93.3 Å². The molecule has 1 spiro atoms. The van der Waals surface area contributed by atoms with Gasteiger partial charge in [-0.3, -0.25) is 0 Å². The third-order valence-electron chi connectivity index (χ3n) is 18.7. The van der Waals surface area contributed by atoms with Crippen LogP contribution in [0.2, 0.25) is 0 Å². The number of fused-ring (bicyclic) bond motifs is 13. The Labute approximate surface area is 570 Å². The summed E-state index contributed by atoms with van der Waals surface area (Å²) in [5.41, 5.74) is 18.6. The third-order valence-corrected chi connectivity index (χ3v) is 18.7. The van der Waals surface area contributed by atoms with Crippen LogP contribution >= 0.6 is 0 Å². The van der Waals surface area contributed by atoms with Gasteiger partial charge in [-0.1, -0.05) is 232 Å². The van der Waals surface area contributed by atoms with Gasteiger partial charge in [-0.25, -0.2) is 4.98 Å². The molecule has 460 valence electrons. The van der Waals surface area contributed by atoms with Gasteiger partial charge in [0.2, 0.25) is 0 Å². The number of para-hydroxylation sites is 6. The van der Waals surface area contributed by atoms with Gasteiger partial charge in [0.1, 0.15) is 17.3 Å². The van der Waals surface area contributed by atoms with Crippen LogP contribution in [0.1, 0.15) is 116 Å². The molecule has 1 aliphatic carbocycles. The summed E-state index contributed by atoms with van der Waals surface area (Å²) >= 11 is 0. The van der Waals surface area contributed by atoms with E-state index in [-0.39, 0.29) is 77.4 Å². The van der Waals surface area contributed by atoms with E-state index in [1.165, 1.54) is 45.6 Å². The number of rotatable bonds is 8. The maximum Gasteiger partial charge on any atom is 0.135 e. The SMILES string of the molecule is [2H]c1c([2H])c([2H])c2c(c1[2H])c1ccc(Oc3[c-]c(N4[CH-]N(c5c(-c6cc(C(C)(C)C)cc(C(C)(C)C)c6)cccc5-c5ccc6c(c5)C5(c7ccccc7Oc7ccccc75)c5ccccc5-6)c5ccccc54)ccc3)[c-]c1n2-c1cc(C([2H])([2H])[2H])c(-c2cccc(C(C)(C)C)c2)cn1.[Pt]. The fourth-order valence-electron chi connectivity index (χ4n) is 14.0. The van der Waals surface area contributed by atoms with Crippen LogP contribution in [0.3, 0.4) is 0 Å². The monoisotopic (exact) mass is 1390 g/mol. The molecule has 0 N–H and O–H groups in total. The van der Waals surface area contributed by atoms with Gasteiger partial charge in [-0.2, -0.15) is 12.1 Å². The van der Waals surface area contributed by atoms with Crippen LogP contribution in [-0.4, -0.2) is 9.55 Å². The average molecular weight is 1390 g/mol. The van der Waals surface area contributed by atoms with Crippen LogP contribution in [0.25, 0.3) is 72.1 Å². The van der Waals surface area contributed by atoms with Crippen LogP contribution < -0.4 is 19.3 Å². The van der Waals surface area contributed by atoms with Crippen molar-refractivity contribution in [1.29, 1.82) is 0 Å². The fraction of sp³-hybridized carbons (Fsp3) is 0.163. The molecule has 0 bridgehead atoms. The smallest absolute Gasteiger partial charge is 0.135 e. The van der Waals surface area contributed by atoms with Crippen LogP contribution in [0.15, 0.2) is 243 Å².